The highest BCUT2D eigenvalue weighted by Gasteiger charge is 2.14. The Morgan fingerprint density at radius 2 is 2.29 bits per heavy atom. The van der Waals surface area contributed by atoms with Crippen molar-refractivity contribution in [2.24, 2.45) is 5.73 Å². The number of hydrogen-bond donors (Lipinski definition) is 2. The van der Waals surface area contributed by atoms with Crippen LogP contribution >= 0.6 is 0 Å². The average Bonchev–Trinajstić information content (AvgIpc) is 2.38. The van der Waals surface area contributed by atoms with Crippen LogP contribution in [0.2, 0.25) is 0 Å². The molecule has 17 heavy (non-hydrogen) atoms. The van der Waals surface area contributed by atoms with Crippen LogP contribution in [0.4, 0.5) is 0 Å². The van der Waals surface area contributed by atoms with Gasteiger partial charge in [0.2, 0.25) is 5.91 Å². The Morgan fingerprint density at radius 1 is 1.47 bits per heavy atom. The van der Waals surface area contributed by atoms with Crippen LogP contribution in [0.3, 0.4) is 0 Å². The molecule has 0 unspecified atom stereocenters. The van der Waals surface area contributed by atoms with Gasteiger partial charge in [0.05, 0.1) is 12.7 Å². The van der Waals surface area contributed by atoms with E-state index in [0.717, 1.165) is 31.5 Å². The Bertz CT molecular complexity index is 387. The molecular weight excluding hydrogens is 216 g/mol. The highest BCUT2D eigenvalue weighted by atomic mass is 16.5. The molecule has 0 spiro atoms. The number of carbonyl (C=O) groups excluding carboxylic acids is 1. The number of rotatable bonds is 4. The molecule has 0 saturated carbocycles. The molecule has 1 amide bonds. The number of ether oxygens (including phenoxy) is 1. The van der Waals surface area contributed by atoms with Crippen molar-refractivity contribution < 1.29 is 9.53 Å². The summed E-state index contributed by atoms with van der Waals surface area (Å²) in [5, 5.41) is 3.29. The van der Waals surface area contributed by atoms with Crippen LogP contribution < -0.4 is 11.1 Å². The van der Waals surface area contributed by atoms with E-state index in [-0.39, 0.29) is 6.10 Å². The van der Waals surface area contributed by atoms with Crippen LogP contribution in [0.5, 0.6) is 0 Å². The number of primary amides is 1. The number of nitrogens with one attached hydrogen (secondary N) is 1. The molecular formula is C13H18N2O2. The fourth-order valence-electron chi connectivity index (χ4n) is 2.06. The maximum Gasteiger partial charge on any atom is 0.249 e. The topological polar surface area (TPSA) is 64.4 Å². The number of carbonyl (C=O) groups is 1. The molecule has 0 radical (unpaired) electrons. The van der Waals surface area contributed by atoms with Gasteiger partial charge in [-0.1, -0.05) is 18.2 Å². The standard InChI is InChI=1S/C13H18N2O2/c14-13(16)12-6-2-1-4-10(12)9-17-11-5-3-7-15-8-11/h1-2,4,6,11,15H,3,5,7-9H2,(H2,14,16)/t11-/m0/s1. The lowest BCUT2D eigenvalue weighted by molar-refractivity contribution is 0.0249. The van der Waals surface area contributed by atoms with Crippen molar-refractivity contribution in [1.29, 1.82) is 0 Å². The third kappa shape index (κ3) is 3.28. The first-order valence-corrected chi connectivity index (χ1v) is 5.97. The highest BCUT2D eigenvalue weighted by Crippen LogP contribution is 2.13. The monoisotopic (exact) mass is 234 g/mol. The summed E-state index contributed by atoms with van der Waals surface area (Å²) in [5.74, 6) is -0.397. The minimum Gasteiger partial charge on any atom is -0.372 e. The van der Waals surface area contributed by atoms with E-state index >= 15 is 0 Å². The smallest absolute Gasteiger partial charge is 0.249 e. The van der Waals surface area contributed by atoms with E-state index in [4.69, 9.17) is 10.5 Å². The van der Waals surface area contributed by atoms with E-state index in [1.54, 1.807) is 6.07 Å². The SMILES string of the molecule is NC(=O)c1ccccc1CO[C@H]1CCCNC1. The quantitative estimate of drug-likeness (QED) is 0.818. The molecule has 92 valence electrons. The molecule has 1 aromatic carbocycles. The molecule has 4 nitrogen and oxygen atoms in total. The van der Waals surface area contributed by atoms with Crippen molar-refractivity contribution in [3.8, 4) is 0 Å². The van der Waals surface area contributed by atoms with Crippen LogP contribution in [0, 0.1) is 0 Å². The lowest BCUT2D eigenvalue weighted by atomic mass is 10.1. The second-order valence-electron chi connectivity index (χ2n) is 4.30. The second-order valence-corrected chi connectivity index (χ2v) is 4.30. The van der Waals surface area contributed by atoms with E-state index in [1.807, 2.05) is 18.2 Å². The maximum atomic E-state index is 11.2. The minimum absolute atomic E-state index is 0.240. The zero-order valence-corrected chi connectivity index (χ0v) is 9.82. The molecule has 0 bridgehead atoms. The van der Waals surface area contributed by atoms with Crippen molar-refractivity contribution in [3.05, 3.63) is 35.4 Å². The normalized spacial score (nSPS) is 20.1. The first-order chi connectivity index (χ1) is 8.27. The van der Waals surface area contributed by atoms with Crippen molar-refractivity contribution in [3.63, 3.8) is 0 Å². The van der Waals surface area contributed by atoms with Crippen LogP contribution in [0.25, 0.3) is 0 Å². The molecule has 1 aliphatic rings. The Kier molecular flexibility index (Phi) is 4.12. The van der Waals surface area contributed by atoms with E-state index < -0.39 is 5.91 Å². The van der Waals surface area contributed by atoms with Crippen molar-refractivity contribution >= 4 is 5.91 Å². The molecule has 0 aliphatic carbocycles. The van der Waals surface area contributed by atoms with E-state index in [0.29, 0.717) is 12.2 Å². The lowest BCUT2D eigenvalue weighted by Crippen LogP contribution is -2.35. The molecule has 3 N–H and O–H groups in total. The van der Waals surface area contributed by atoms with Crippen LogP contribution in [-0.2, 0) is 11.3 Å². The fourth-order valence-corrected chi connectivity index (χ4v) is 2.06. The summed E-state index contributed by atoms with van der Waals surface area (Å²) in [4.78, 5) is 11.2. The van der Waals surface area contributed by atoms with Gasteiger partial charge in [0.25, 0.3) is 0 Å². The minimum atomic E-state index is -0.397. The molecule has 1 fully saturated rings. The van der Waals surface area contributed by atoms with Gasteiger partial charge >= 0.3 is 0 Å². The summed E-state index contributed by atoms with van der Waals surface area (Å²) < 4.78 is 5.79. The lowest BCUT2D eigenvalue weighted by Gasteiger charge is -2.23. The Balaban J connectivity index is 1.96. The molecule has 1 heterocycles. The van der Waals surface area contributed by atoms with Crippen LogP contribution in [0.15, 0.2) is 24.3 Å². The van der Waals surface area contributed by atoms with Gasteiger partial charge in [-0.2, -0.15) is 0 Å². The summed E-state index contributed by atoms with van der Waals surface area (Å²) >= 11 is 0. The van der Waals surface area contributed by atoms with Crippen LogP contribution in [-0.4, -0.2) is 25.1 Å². The van der Waals surface area contributed by atoms with Gasteiger partial charge in [-0.3, -0.25) is 4.79 Å². The third-order valence-corrected chi connectivity index (χ3v) is 3.01. The van der Waals surface area contributed by atoms with Gasteiger partial charge < -0.3 is 15.8 Å². The first kappa shape index (κ1) is 12.1. The zero-order chi connectivity index (χ0) is 12.1. The van der Waals surface area contributed by atoms with E-state index in [2.05, 4.69) is 5.32 Å². The van der Waals surface area contributed by atoms with Gasteiger partial charge in [0.15, 0.2) is 0 Å². The van der Waals surface area contributed by atoms with Crippen molar-refractivity contribution in [1.82, 2.24) is 5.32 Å². The molecule has 2 rings (SSSR count). The van der Waals surface area contributed by atoms with E-state index in [9.17, 15) is 4.79 Å². The van der Waals surface area contributed by atoms with Gasteiger partial charge in [0, 0.05) is 12.1 Å². The summed E-state index contributed by atoms with van der Waals surface area (Å²) in [6.07, 6.45) is 2.46. The summed E-state index contributed by atoms with van der Waals surface area (Å²) in [6, 6.07) is 7.33. The summed E-state index contributed by atoms with van der Waals surface area (Å²) in [6.45, 7) is 2.40. The second kappa shape index (κ2) is 5.80. The average molecular weight is 234 g/mol. The Labute approximate surface area is 101 Å². The largest absolute Gasteiger partial charge is 0.372 e. The van der Waals surface area contributed by atoms with Crippen molar-refractivity contribution in [2.45, 2.75) is 25.6 Å². The molecule has 1 aliphatic heterocycles. The van der Waals surface area contributed by atoms with Crippen molar-refractivity contribution in [2.75, 3.05) is 13.1 Å². The Morgan fingerprint density at radius 3 is 3.00 bits per heavy atom. The molecule has 0 aromatic heterocycles. The van der Waals surface area contributed by atoms with E-state index in [1.165, 1.54) is 0 Å². The maximum absolute atomic E-state index is 11.2. The zero-order valence-electron chi connectivity index (χ0n) is 9.82. The molecule has 1 aromatic rings. The van der Waals surface area contributed by atoms with Gasteiger partial charge in [-0.05, 0) is 31.0 Å². The van der Waals surface area contributed by atoms with Gasteiger partial charge in [0.1, 0.15) is 0 Å². The molecule has 1 saturated heterocycles. The Hall–Kier alpha value is -1.39. The number of nitrogens with two attached hydrogens (primary N) is 1. The predicted octanol–water partition coefficient (Wildman–Crippen LogP) is 1.05. The number of amides is 1. The van der Waals surface area contributed by atoms with Gasteiger partial charge in [-0.15, -0.1) is 0 Å². The third-order valence-electron chi connectivity index (χ3n) is 3.01. The fraction of sp³-hybridized carbons (Fsp3) is 0.462. The summed E-state index contributed by atoms with van der Waals surface area (Å²) in [7, 11) is 0. The highest BCUT2D eigenvalue weighted by molar-refractivity contribution is 5.94. The number of hydrogen-bond acceptors (Lipinski definition) is 3. The predicted molar refractivity (Wildman–Crippen MR) is 65.6 cm³/mol. The first-order valence-electron chi connectivity index (χ1n) is 5.97. The number of piperidine rings is 1. The van der Waals surface area contributed by atoms with Gasteiger partial charge in [-0.25, -0.2) is 0 Å². The van der Waals surface area contributed by atoms with Crippen LogP contribution in [0.1, 0.15) is 28.8 Å². The number of benzene rings is 1. The molecule has 1 atom stereocenters. The molecule has 4 heteroatoms. The summed E-state index contributed by atoms with van der Waals surface area (Å²) in [5.41, 5.74) is 6.73.